The highest BCUT2D eigenvalue weighted by atomic mass is 127. The quantitative estimate of drug-likeness (QED) is 0.498. The summed E-state index contributed by atoms with van der Waals surface area (Å²) in [6, 6.07) is 17.1. The van der Waals surface area contributed by atoms with Crippen molar-refractivity contribution in [3.8, 4) is 0 Å². The molecule has 0 spiro atoms. The number of hydrogen-bond donors (Lipinski definition) is 0. The lowest BCUT2D eigenvalue weighted by molar-refractivity contribution is -1.03. The van der Waals surface area contributed by atoms with Crippen LogP contribution in [0.5, 0.6) is 0 Å². The Morgan fingerprint density at radius 2 is 1.26 bits per heavy atom. The number of hydrogen-bond acceptors (Lipinski definition) is 3. The summed E-state index contributed by atoms with van der Waals surface area (Å²) in [4.78, 5) is -0.662. The molecule has 141 valence electrons. The van der Waals surface area contributed by atoms with Crippen LogP contribution in [-0.4, -0.2) is 8.42 Å². The van der Waals surface area contributed by atoms with Crippen molar-refractivity contribution >= 4 is 10.1 Å². The summed E-state index contributed by atoms with van der Waals surface area (Å²) in [5.41, 5.74) is 2.07. The van der Waals surface area contributed by atoms with Crippen LogP contribution in [0.25, 0.3) is 0 Å². The van der Waals surface area contributed by atoms with Crippen LogP contribution in [0.4, 0.5) is 8.78 Å². The molecule has 0 amide bonds. The molecule has 3 aromatic carbocycles. The number of aryl methyl sites for hydroxylation is 2. The van der Waals surface area contributed by atoms with Gasteiger partial charge in [0.1, 0.15) is 16.5 Å². The van der Waals surface area contributed by atoms with Crippen molar-refractivity contribution in [3.63, 3.8) is 0 Å². The molecule has 1 radical (unpaired) electrons. The zero-order chi connectivity index (χ0) is 19.6. The second-order valence-corrected chi connectivity index (χ2v) is 12.4. The Kier molecular flexibility index (Phi) is 5.92. The molecule has 7 heteroatoms. The van der Waals surface area contributed by atoms with E-state index in [0.29, 0.717) is 6.07 Å². The predicted octanol–water partition coefficient (Wildman–Crippen LogP) is 1.57. The molecular formula is C20H17F2IO3S+. The highest BCUT2D eigenvalue weighted by Crippen LogP contribution is 2.16. The molecule has 0 atom stereocenters. The first-order chi connectivity index (χ1) is 12.8. The van der Waals surface area contributed by atoms with Gasteiger partial charge in [0.15, 0.2) is 7.14 Å². The molecule has 0 unspecified atom stereocenters. The average molecular weight is 502 g/mol. The number of halogens is 3. The molecule has 0 N–H and O–H groups in total. The maximum absolute atomic E-state index is 14.0. The highest BCUT2D eigenvalue weighted by Gasteiger charge is 2.38. The van der Waals surface area contributed by atoms with Crippen molar-refractivity contribution in [1.82, 2.24) is 0 Å². The van der Waals surface area contributed by atoms with Gasteiger partial charge in [-0.3, -0.25) is 0 Å². The van der Waals surface area contributed by atoms with Gasteiger partial charge in [-0.2, -0.15) is 8.42 Å². The Hall–Kier alpha value is -1.84. The van der Waals surface area contributed by atoms with E-state index in [2.05, 4.69) is 0 Å². The van der Waals surface area contributed by atoms with Gasteiger partial charge in [0.25, 0.3) is 0 Å². The van der Waals surface area contributed by atoms with Gasteiger partial charge < -0.3 is 0 Å². The number of benzene rings is 3. The van der Waals surface area contributed by atoms with Gasteiger partial charge in [-0.1, -0.05) is 35.4 Å². The fourth-order valence-corrected chi connectivity index (χ4v) is 9.19. The third kappa shape index (κ3) is 4.72. The summed E-state index contributed by atoms with van der Waals surface area (Å²) in [6.45, 7) is 3.86. The topological polar surface area (TPSA) is 43.4 Å². The summed E-state index contributed by atoms with van der Waals surface area (Å²) in [7, 11) is -4.40. The Balaban J connectivity index is 2.05. The molecule has 0 aliphatic heterocycles. The maximum Gasteiger partial charge on any atom is 0.339 e. The van der Waals surface area contributed by atoms with Gasteiger partial charge in [-0.25, -0.2) is 8.78 Å². The van der Waals surface area contributed by atoms with Crippen LogP contribution in [0.15, 0.2) is 71.6 Å². The normalized spacial score (nSPS) is 11.7. The Labute approximate surface area is 165 Å². The molecular weight excluding hydrogens is 485 g/mol. The van der Waals surface area contributed by atoms with Crippen molar-refractivity contribution in [1.29, 1.82) is 0 Å². The minimum Gasteiger partial charge on any atom is -0.207 e. The van der Waals surface area contributed by atoms with E-state index in [1.165, 1.54) is 0 Å². The summed E-state index contributed by atoms with van der Waals surface area (Å²) in [5.74, 6) is -2.02. The van der Waals surface area contributed by atoms with Crippen LogP contribution in [-0.2, 0) is 12.6 Å². The summed E-state index contributed by atoms with van der Waals surface area (Å²) >= 11 is -2.89. The lowest BCUT2D eigenvalue weighted by Crippen LogP contribution is -3.85. The molecule has 0 saturated carbocycles. The van der Waals surface area contributed by atoms with Crippen molar-refractivity contribution in [3.05, 3.63) is 96.6 Å². The van der Waals surface area contributed by atoms with Crippen LogP contribution in [0.2, 0.25) is 0 Å². The van der Waals surface area contributed by atoms with E-state index in [0.717, 1.165) is 30.4 Å². The van der Waals surface area contributed by atoms with Gasteiger partial charge in [-0.05, 0) is 52.8 Å². The van der Waals surface area contributed by atoms with E-state index in [-0.39, 0.29) is 0 Å². The van der Waals surface area contributed by atoms with Gasteiger partial charge in [0.2, 0.25) is 0 Å². The largest absolute Gasteiger partial charge is 0.339 e. The van der Waals surface area contributed by atoms with Crippen LogP contribution in [0, 0.1) is 32.6 Å². The smallest absolute Gasteiger partial charge is 0.207 e. The predicted molar refractivity (Wildman–Crippen MR) is 94.4 cm³/mol. The lowest BCUT2D eigenvalue weighted by atomic mass is 10.2. The molecule has 27 heavy (non-hydrogen) atoms. The highest BCUT2D eigenvalue weighted by molar-refractivity contribution is 7.86. The lowest BCUT2D eigenvalue weighted by Gasteiger charge is -2.07. The van der Waals surface area contributed by atoms with Crippen molar-refractivity contribution in [2.75, 3.05) is 0 Å². The molecule has 0 saturated heterocycles. The molecule has 3 rings (SSSR count). The molecule has 0 aliphatic rings. The fraction of sp³-hybridized carbons (Fsp3) is 0.100. The molecule has 0 aromatic heterocycles. The molecule has 0 fully saturated rings. The Morgan fingerprint density at radius 3 is 1.70 bits per heavy atom. The minimum atomic E-state index is -4.40. The second kappa shape index (κ2) is 8.04. The van der Waals surface area contributed by atoms with Gasteiger partial charge >= 0.3 is 30.4 Å². The summed E-state index contributed by atoms with van der Waals surface area (Å²) < 4.78 is 59.7. The van der Waals surface area contributed by atoms with Crippen LogP contribution in [0.1, 0.15) is 11.1 Å². The first kappa shape index (κ1) is 19.9. The summed E-state index contributed by atoms with van der Waals surface area (Å²) in [6.07, 6.45) is 0. The fourth-order valence-electron chi connectivity index (χ4n) is 2.29. The van der Waals surface area contributed by atoms with Gasteiger partial charge in [0.05, 0.1) is 0 Å². The SMILES string of the molecule is Cc1ccc([I+](OS(=O)(=O)c2ccc(F)cc2F)c2ccc(C)cc2)cc1. The van der Waals surface area contributed by atoms with E-state index < -0.39 is 46.9 Å². The van der Waals surface area contributed by atoms with E-state index in [9.17, 15) is 17.2 Å². The minimum absolute atomic E-state index is 0.534. The second-order valence-electron chi connectivity index (χ2n) is 5.93. The third-order valence-electron chi connectivity index (χ3n) is 3.73. The zero-order valence-corrected chi connectivity index (χ0v) is 17.6. The Morgan fingerprint density at radius 1 is 0.778 bits per heavy atom. The number of rotatable bonds is 5. The average Bonchev–Trinajstić information content (AvgIpc) is 2.61. The summed E-state index contributed by atoms with van der Waals surface area (Å²) in [5, 5.41) is 0. The van der Waals surface area contributed by atoms with E-state index in [4.69, 9.17) is 2.51 Å². The van der Waals surface area contributed by atoms with Crippen LogP contribution >= 0.6 is 0 Å². The van der Waals surface area contributed by atoms with Crippen molar-refractivity contribution in [2.24, 2.45) is 0 Å². The molecule has 3 aromatic rings. The van der Waals surface area contributed by atoms with E-state index in [1.54, 1.807) is 0 Å². The van der Waals surface area contributed by atoms with Crippen molar-refractivity contribution in [2.45, 2.75) is 18.7 Å². The van der Waals surface area contributed by atoms with E-state index in [1.807, 2.05) is 62.4 Å². The molecule has 0 bridgehead atoms. The maximum atomic E-state index is 14.0. The van der Waals surface area contributed by atoms with Crippen LogP contribution < -0.4 is 20.2 Å². The van der Waals surface area contributed by atoms with E-state index >= 15 is 0 Å². The van der Waals surface area contributed by atoms with Crippen molar-refractivity contribution < 1.29 is 39.9 Å². The van der Waals surface area contributed by atoms with Crippen LogP contribution in [0.3, 0.4) is 0 Å². The first-order valence-electron chi connectivity index (χ1n) is 8.00. The molecule has 0 heterocycles. The standard InChI is InChI=1S/C20H17F2IO3S/c1-14-3-8-17(9-4-14)23(18-10-5-15(2)6-11-18)26-27(24,25)20-12-7-16(21)13-19(20)22/h3-13H,1-2H3/q+1. The monoisotopic (exact) mass is 502 g/mol. The first-order valence-corrected chi connectivity index (χ1v) is 12.4. The molecule has 3 nitrogen and oxygen atoms in total. The van der Waals surface area contributed by atoms with Gasteiger partial charge in [-0.15, -0.1) is 0 Å². The molecule has 0 aliphatic carbocycles. The van der Waals surface area contributed by atoms with Gasteiger partial charge in [0, 0.05) is 6.07 Å². The zero-order valence-electron chi connectivity index (χ0n) is 14.6. The Bertz CT molecular complexity index is 1000. The third-order valence-corrected chi connectivity index (χ3v) is 11.1.